The Labute approximate surface area is 208 Å². The van der Waals surface area contributed by atoms with Crippen molar-refractivity contribution in [2.24, 2.45) is 17.1 Å². The van der Waals surface area contributed by atoms with Crippen LogP contribution in [0.4, 0.5) is 24.8 Å². The number of benzene rings is 1. The van der Waals surface area contributed by atoms with Gasteiger partial charge in [-0.3, -0.25) is 4.79 Å². The molecule has 4 N–H and O–H groups in total. The van der Waals surface area contributed by atoms with Gasteiger partial charge in [0.2, 0.25) is 11.9 Å². The summed E-state index contributed by atoms with van der Waals surface area (Å²) in [6.07, 6.45) is -0.823. The molecule has 0 unspecified atom stereocenters. The normalized spacial score (nSPS) is 22.1. The van der Waals surface area contributed by atoms with Crippen molar-refractivity contribution >= 4 is 40.5 Å². The molecule has 2 aromatic heterocycles. The molecule has 1 fully saturated rings. The molecule has 0 radical (unpaired) electrons. The van der Waals surface area contributed by atoms with E-state index in [2.05, 4.69) is 20.3 Å². The lowest BCUT2D eigenvalue weighted by Gasteiger charge is -2.44. The van der Waals surface area contributed by atoms with Gasteiger partial charge >= 0.3 is 6.18 Å². The molecule has 0 saturated heterocycles. The Morgan fingerprint density at radius 1 is 1.29 bits per heavy atom. The number of nitrogens with zero attached hydrogens (tertiary/aromatic N) is 3. The van der Waals surface area contributed by atoms with Gasteiger partial charge in [0.05, 0.1) is 4.88 Å². The molecule has 35 heavy (non-hydrogen) atoms. The SMILES string of the molecule is CC1(C)C[C@@](O)(c2ncc(-c3cc(Cl)cc(Nc4nccc(C(F)(F)F)n4)c3)s2)CC[C@@H]1C(N)=O. The minimum absolute atomic E-state index is 0.221. The summed E-state index contributed by atoms with van der Waals surface area (Å²) in [7, 11) is 0. The van der Waals surface area contributed by atoms with Crippen molar-refractivity contribution in [3.05, 3.63) is 52.4 Å². The molecule has 2 heterocycles. The fraction of sp³-hybridized carbons (Fsp3) is 0.391. The van der Waals surface area contributed by atoms with Crippen LogP contribution in [0.25, 0.3) is 10.4 Å². The molecular formula is C23H23ClF3N5O2S. The first-order valence-electron chi connectivity index (χ1n) is 10.7. The first-order valence-corrected chi connectivity index (χ1v) is 11.9. The zero-order valence-electron chi connectivity index (χ0n) is 18.9. The molecule has 186 valence electrons. The van der Waals surface area contributed by atoms with Gasteiger partial charge in [0.25, 0.3) is 0 Å². The first kappa shape index (κ1) is 25.3. The fourth-order valence-corrected chi connectivity index (χ4v) is 5.84. The Kier molecular flexibility index (Phi) is 6.54. The first-order chi connectivity index (χ1) is 16.3. The third kappa shape index (κ3) is 5.41. The van der Waals surface area contributed by atoms with Crippen molar-refractivity contribution in [1.29, 1.82) is 0 Å². The number of primary amides is 1. The van der Waals surface area contributed by atoms with E-state index in [0.717, 1.165) is 12.3 Å². The van der Waals surface area contributed by atoms with Crippen molar-refractivity contribution in [3.63, 3.8) is 0 Å². The van der Waals surface area contributed by atoms with Gasteiger partial charge in [-0.1, -0.05) is 25.4 Å². The summed E-state index contributed by atoms with van der Waals surface area (Å²) in [5, 5.41) is 15.0. The van der Waals surface area contributed by atoms with E-state index >= 15 is 0 Å². The number of thiazole rings is 1. The number of aromatic nitrogens is 3. The number of halogens is 4. The monoisotopic (exact) mass is 525 g/mol. The van der Waals surface area contributed by atoms with E-state index in [1.54, 1.807) is 18.3 Å². The minimum atomic E-state index is -4.59. The van der Waals surface area contributed by atoms with Crippen molar-refractivity contribution in [2.45, 2.75) is 44.9 Å². The van der Waals surface area contributed by atoms with Gasteiger partial charge in [-0.25, -0.2) is 15.0 Å². The number of rotatable bonds is 5. The van der Waals surface area contributed by atoms with E-state index in [1.807, 2.05) is 13.8 Å². The van der Waals surface area contributed by atoms with Crippen LogP contribution in [-0.2, 0) is 16.6 Å². The zero-order valence-corrected chi connectivity index (χ0v) is 20.4. The molecule has 1 aliphatic rings. The standard InChI is InChI=1S/C23H23ClF3N5O2S/c1-21(2)11-22(34,5-3-15(21)18(28)33)19-30-10-16(35-19)12-7-13(24)9-14(8-12)31-20-29-6-4-17(32-20)23(25,26)27/h4,6-10,15,34H,3,5,11H2,1-2H3,(H2,28,33)(H,29,31,32)/t15-,22-/m1/s1. The highest BCUT2D eigenvalue weighted by molar-refractivity contribution is 7.15. The highest BCUT2D eigenvalue weighted by Crippen LogP contribution is 2.50. The molecule has 1 aromatic carbocycles. The maximum atomic E-state index is 13.0. The molecule has 1 saturated carbocycles. The molecule has 0 bridgehead atoms. The topological polar surface area (TPSA) is 114 Å². The smallest absolute Gasteiger partial charge is 0.383 e. The van der Waals surface area contributed by atoms with E-state index in [-0.39, 0.29) is 17.8 Å². The summed E-state index contributed by atoms with van der Waals surface area (Å²) in [6, 6.07) is 5.70. The lowest BCUT2D eigenvalue weighted by Crippen LogP contribution is -2.46. The number of nitrogens with two attached hydrogens (primary N) is 1. The third-order valence-electron chi connectivity index (χ3n) is 6.17. The van der Waals surface area contributed by atoms with Gasteiger partial charge in [0.1, 0.15) is 16.3 Å². The molecule has 0 aliphatic heterocycles. The number of nitrogens with one attached hydrogen (secondary N) is 1. The summed E-state index contributed by atoms with van der Waals surface area (Å²) in [4.78, 5) is 24.3. The van der Waals surface area contributed by atoms with Gasteiger partial charge in [0.15, 0.2) is 0 Å². The van der Waals surface area contributed by atoms with Crippen molar-refractivity contribution in [3.8, 4) is 10.4 Å². The average molecular weight is 526 g/mol. The summed E-state index contributed by atoms with van der Waals surface area (Å²) in [6.45, 7) is 3.82. The molecule has 2 atom stereocenters. The van der Waals surface area contributed by atoms with Crippen LogP contribution in [0.1, 0.15) is 43.8 Å². The van der Waals surface area contributed by atoms with Crippen molar-refractivity contribution < 1.29 is 23.1 Å². The number of hydrogen-bond acceptors (Lipinski definition) is 7. The van der Waals surface area contributed by atoms with E-state index in [4.69, 9.17) is 17.3 Å². The average Bonchev–Trinajstić information content (AvgIpc) is 3.23. The van der Waals surface area contributed by atoms with E-state index in [9.17, 15) is 23.1 Å². The van der Waals surface area contributed by atoms with E-state index in [0.29, 0.717) is 45.4 Å². The molecule has 0 spiro atoms. The Bertz CT molecular complexity index is 1270. The lowest BCUT2D eigenvalue weighted by atomic mass is 9.63. The van der Waals surface area contributed by atoms with Gasteiger partial charge in [-0.05, 0) is 54.5 Å². The minimum Gasteiger partial charge on any atom is -0.383 e. The largest absolute Gasteiger partial charge is 0.433 e. The summed E-state index contributed by atoms with van der Waals surface area (Å²) in [5.41, 5.74) is 3.83. The summed E-state index contributed by atoms with van der Waals surface area (Å²) >= 11 is 7.55. The molecule has 3 aromatic rings. The number of carbonyl (C=O) groups is 1. The number of amides is 1. The maximum absolute atomic E-state index is 13.0. The second-order valence-electron chi connectivity index (χ2n) is 9.34. The molecular weight excluding hydrogens is 503 g/mol. The molecule has 1 aliphatic carbocycles. The maximum Gasteiger partial charge on any atom is 0.433 e. The highest BCUT2D eigenvalue weighted by atomic mass is 35.5. The predicted octanol–water partition coefficient (Wildman–Crippen LogP) is 5.52. The van der Waals surface area contributed by atoms with Crippen LogP contribution < -0.4 is 11.1 Å². The second kappa shape index (κ2) is 9.03. The molecule has 7 nitrogen and oxygen atoms in total. The lowest BCUT2D eigenvalue weighted by molar-refractivity contribution is -0.141. The number of hydrogen-bond donors (Lipinski definition) is 3. The number of carbonyl (C=O) groups excluding carboxylic acids is 1. The van der Waals surface area contributed by atoms with Crippen LogP contribution in [0.15, 0.2) is 36.7 Å². The van der Waals surface area contributed by atoms with Crippen LogP contribution in [0, 0.1) is 11.3 Å². The second-order valence-corrected chi connectivity index (χ2v) is 10.8. The van der Waals surface area contributed by atoms with Gasteiger partial charge < -0.3 is 16.2 Å². The van der Waals surface area contributed by atoms with Gasteiger partial charge in [-0.2, -0.15) is 13.2 Å². The number of alkyl halides is 3. The van der Waals surface area contributed by atoms with E-state index < -0.39 is 22.9 Å². The summed E-state index contributed by atoms with van der Waals surface area (Å²) in [5.74, 6) is -0.928. The third-order valence-corrected chi connectivity index (χ3v) is 7.63. The Hall–Kier alpha value is -2.76. The predicted molar refractivity (Wildman–Crippen MR) is 127 cm³/mol. The molecule has 12 heteroatoms. The van der Waals surface area contributed by atoms with Gasteiger partial charge in [0, 0.05) is 29.0 Å². The number of aliphatic hydroxyl groups is 1. The van der Waals surface area contributed by atoms with E-state index in [1.165, 1.54) is 17.4 Å². The molecule has 1 amide bonds. The van der Waals surface area contributed by atoms with Crippen LogP contribution in [0.2, 0.25) is 5.02 Å². The Morgan fingerprint density at radius 3 is 2.69 bits per heavy atom. The van der Waals surface area contributed by atoms with Crippen molar-refractivity contribution in [1.82, 2.24) is 15.0 Å². The van der Waals surface area contributed by atoms with Crippen molar-refractivity contribution in [2.75, 3.05) is 5.32 Å². The van der Waals surface area contributed by atoms with Crippen LogP contribution in [0.5, 0.6) is 0 Å². The quantitative estimate of drug-likeness (QED) is 0.404. The zero-order chi connectivity index (χ0) is 25.6. The van der Waals surface area contributed by atoms with Gasteiger partial charge in [-0.15, -0.1) is 11.3 Å². The van der Waals surface area contributed by atoms with Crippen LogP contribution in [0.3, 0.4) is 0 Å². The fourth-order valence-electron chi connectivity index (χ4n) is 4.58. The van der Waals surface area contributed by atoms with Crippen LogP contribution >= 0.6 is 22.9 Å². The highest BCUT2D eigenvalue weighted by Gasteiger charge is 2.48. The number of anilines is 2. The molecule has 4 rings (SSSR count). The Balaban J connectivity index is 1.59. The summed E-state index contributed by atoms with van der Waals surface area (Å²) < 4.78 is 38.9. The van der Waals surface area contributed by atoms with Crippen LogP contribution in [-0.4, -0.2) is 26.0 Å². The Morgan fingerprint density at radius 2 is 2.03 bits per heavy atom.